The lowest BCUT2D eigenvalue weighted by Gasteiger charge is -2.38. The number of carbonyl (C=O) groups excluding carboxylic acids is 1. The highest BCUT2D eigenvalue weighted by atomic mass is 16.5. The van der Waals surface area contributed by atoms with Gasteiger partial charge in [0.2, 0.25) is 5.91 Å². The van der Waals surface area contributed by atoms with E-state index in [-0.39, 0.29) is 18.4 Å². The number of carboxylic acids is 1. The molecule has 136 valence electrons. The van der Waals surface area contributed by atoms with Gasteiger partial charge < -0.3 is 19.5 Å². The average Bonchev–Trinajstić information content (AvgIpc) is 3.06. The molecule has 2 aliphatic rings. The first-order valence-corrected chi connectivity index (χ1v) is 8.75. The Labute approximate surface area is 147 Å². The molecule has 1 N–H and O–H groups in total. The number of benzene rings is 1. The van der Waals surface area contributed by atoms with E-state index in [1.807, 2.05) is 23.1 Å². The van der Waals surface area contributed by atoms with Crippen molar-refractivity contribution in [1.29, 1.82) is 0 Å². The van der Waals surface area contributed by atoms with Gasteiger partial charge in [-0.2, -0.15) is 0 Å². The summed E-state index contributed by atoms with van der Waals surface area (Å²) in [5, 5.41) is 9.49. The molecule has 25 heavy (non-hydrogen) atoms. The maximum absolute atomic E-state index is 12.9. The molecule has 1 atom stereocenters. The molecule has 1 saturated heterocycles. The zero-order chi connectivity index (χ0) is 18.0. The van der Waals surface area contributed by atoms with Gasteiger partial charge in [-0.05, 0) is 37.8 Å². The number of ether oxygens (including phenoxy) is 2. The highest BCUT2D eigenvalue weighted by Gasteiger charge is 2.47. The molecule has 1 saturated carbocycles. The molecule has 1 unspecified atom stereocenters. The van der Waals surface area contributed by atoms with Crippen molar-refractivity contribution in [2.75, 3.05) is 20.8 Å². The molecule has 0 spiro atoms. The Morgan fingerprint density at radius 2 is 2.00 bits per heavy atom. The van der Waals surface area contributed by atoms with E-state index >= 15 is 0 Å². The SMILES string of the molecule is COc1ccc(C2CCCN2C(=O)CC2(C(=O)O)CCC2)c(OC)c1. The van der Waals surface area contributed by atoms with Gasteiger partial charge in [-0.15, -0.1) is 0 Å². The van der Waals surface area contributed by atoms with Crippen LogP contribution in [0.3, 0.4) is 0 Å². The van der Waals surface area contributed by atoms with Crippen LogP contribution in [-0.4, -0.2) is 42.6 Å². The third-order valence-electron chi connectivity index (χ3n) is 5.63. The zero-order valence-corrected chi connectivity index (χ0v) is 14.8. The van der Waals surface area contributed by atoms with Crippen molar-refractivity contribution in [1.82, 2.24) is 4.90 Å². The van der Waals surface area contributed by atoms with Gasteiger partial charge in [-0.3, -0.25) is 9.59 Å². The summed E-state index contributed by atoms with van der Waals surface area (Å²) in [5.74, 6) is 0.490. The highest BCUT2D eigenvalue weighted by molar-refractivity contribution is 5.86. The number of hydrogen-bond donors (Lipinski definition) is 1. The molecule has 6 nitrogen and oxygen atoms in total. The maximum atomic E-state index is 12.9. The maximum Gasteiger partial charge on any atom is 0.310 e. The molecule has 0 aromatic heterocycles. The van der Waals surface area contributed by atoms with Crippen LogP contribution in [-0.2, 0) is 9.59 Å². The first-order valence-electron chi connectivity index (χ1n) is 8.75. The molecule has 6 heteroatoms. The Kier molecular flexibility index (Phi) is 4.88. The van der Waals surface area contributed by atoms with E-state index in [1.165, 1.54) is 0 Å². The number of rotatable bonds is 6. The Morgan fingerprint density at radius 1 is 1.24 bits per heavy atom. The number of nitrogens with zero attached hydrogens (tertiary/aromatic N) is 1. The van der Waals surface area contributed by atoms with E-state index in [0.717, 1.165) is 24.8 Å². The predicted molar refractivity (Wildman–Crippen MR) is 91.8 cm³/mol. The van der Waals surface area contributed by atoms with E-state index < -0.39 is 11.4 Å². The second kappa shape index (κ2) is 6.94. The number of aliphatic carboxylic acids is 1. The fourth-order valence-corrected chi connectivity index (χ4v) is 3.94. The third kappa shape index (κ3) is 3.17. The van der Waals surface area contributed by atoms with Crippen LogP contribution in [0.25, 0.3) is 0 Å². The summed E-state index contributed by atoms with van der Waals surface area (Å²) < 4.78 is 10.7. The number of methoxy groups -OCH3 is 2. The van der Waals surface area contributed by atoms with Crippen LogP contribution in [0.1, 0.15) is 50.1 Å². The molecule has 2 fully saturated rings. The largest absolute Gasteiger partial charge is 0.497 e. The summed E-state index contributed by atoms with van der Waals surface area (Å²) in [5.41, 5.74) is 0.0981. The van der Waals surface area contributed by atoms with Crippen molar-refractivity contribution >= 4 is 11.9 Å². The van der Waals surface area contributed by atoms with Crippen LogP contribution < -0.4 is 9.47 Å². The minimum absolute atomic E-state index is 0.0672. The Morgan fingerprint density at radius 3 is 2.56 bits per heavy atom. The predicted octanol–water partition coefficient (Wildman–Crippen LogP) is 3.01. The smallest absolute Gasteiger partial charge is 0.310 e. The van der Waals surface area contributed by atoms with Crippen LogP contribution >= 0.6 is 0 Å². The summed E-state index contributed by atoms with van der Waals surface area (Å²) in [7, 11) is 3.21. The van der Waals surface area contributed by atoms with Crippen LogP contribution in [0.2, 0.25) is 0 Å². The number of hydrogen-bond acceptors (Lipinski definition) is 4. The second-order valence-electron chi connectivity index (χ2n) is 6.97. The number of carbonyl (C=O) groups is 2. The van der Waals surface area contributed by atoms with Crippen molar-refractivity contribution in [3.63, 3.8) is 0 Å². The quantitative estimate of drug-likeness (QED) is 0.856. The van der Waals surface area contributed by atoms with Gasteiger partial charge in [0.15, 0.2) is 0 Å². The Balaban J connectivity index is 1.81. The summed E-state index contributed by atoms with van der Waals surface area (Å²) in [4.78, 5) is 26.3. The molecule has 0 radical (unpaired) electrons. The van der Waals surface area contributed by atoms with Crippen LogP contribution in [0.5, 0.6) is 11.5 Å². The van der Waals surface area contributed by atoms with Gasteiger partial charge in [0.25, 0.3) is 0 Å². The normalized spacial score (nSPS) is 21.5. The summed E-state index contributed by atoms with van der Waals surface area (Å²) in [6, 6.07) is 5.55. The van der Waals surface area contributed by atoms with Gasteiger partial charge in [0.1, 0.15) is 11.5 Å². The fraction of sp³-hybridized carbons (Fsp3) is 0.579. The van der Waals surface area contributed by atoms with Crippen LogP contribution in [0.15, 0.2) is 18.2 Å². The van der Waals surface area contributed by atoms with Gasteiger partial charge in [-0.25, -0.2) is 0 Å². The van der Waals surface area contributed by atoms with Crippen LogP contribution in [0, 0.1) is 5.41 Å². The highest BCUT2D eigenvalue weighted by Crippen LogP contribution is 2.46. The van der Waals surface area contributed by atoms with Gasteiger partial charge in [-0.1, -0.05) is 6.42 Å². The summed E-state index contributed by atoms with van der Waals surface area (Å²) >= 11 is 0. The van der Waals surface area contributed by atoms with Crippen molar-refractivity contribution in [3.8, 4) is 11.5 Å². The lowest BCUT2D eigenvalue weighted by Crippen LogP contribution is -2.43. The van der Waals surface area contributed by atoms with Gasteiger partial charge >= 0.3 is 5.97 Å². The molecule has 3 rings (SSSR count). The monoisotopic (exact) mass is 347 g/mol. The molecule has 1 aromatic rings. The molecule has 0 bridgehead atoms. The van der Waals surface area contributed by atoms with Crippen molar-refractivity contribution in [3.05, 3.63) is 23.8 Å². The minimum atomic E-state index is -0.853. The third-order valence-corrected chi connectivity index (χ3v) is 5.63. The molecular weight excluding hydrogens is 322 g/mol. The van der Waals surface area contributed by atoms with E-state index in [4.69, 9.17) is 9.47 Å². The van der Waals surface area contributed by atoms with Crippen molar-refractivity contribution < 1.29 is 24.2 Å². The summed E-state index contributed by atoms with van der Waals surface area (Å²) in [6.45, 7) is 0.661. The van der Waals surface area contributed by atoms with E-state index in [0.29, 0.717) is 30.9 Å². The van der Waals surface area contributed by atoms with E-state index in [1.54, 1.807) is 14.2 Å². The molecule has 1 heterocycles. The summed E-state index contributed by atoms with van der Waals surface area (Å²) in [6.07, 6.45) is 3.93. The molecule has 1 aliphatic heterocycles. The molecule has 1 amide bonds. The number of carboxylic acid groups (broad SMARTS) is 1. The first-order chi connectivity index (χ1) is 12.0. The van der Waals surface area contributed by atoms with Crippen molar-refractivity contribution in [2.24, 2.45) is 5.41 Å². The number of likely N-dealkylation sites (tertiary alicyclic amines) is 1. The second-order valence-corrected chi connectivity index (χ2v) is 6.97. The Hall–Kier alpha value is -2.24. The standard InChI is InChI=1S/C19H25NO5/c1-24-13-6-7-14(16(11-13)25-2)15-5-3-10-20(15)17(21)12-19(18(22)23)8-4-9-19/h6-7,11,15H,3-5,8-10,12H2,1-2H3,(H,22,23). The lowest BCUT2D eigenvalue weighted by molar-refractivity contribution is -0.159. The zero-order valence-electron chi connectivity index (χ0n) is 14.8. The Bertz CT molecular complexity index is 668. The average molecular weight is 347 g/mol. The van der Waals surface area contributed by atoms with Gasteiger partial charge in [0.05, 0.1) is 25.7 Å². The minimum Gasteiger partial charge on any atom is -0.497 e. The number of amides is 1. The van der Waals surface area contributed by atoms with E-state index in [9.17, 15) is 14.7 Å². The topological polar surface area (TPSA) is 76.1 Å². The first kappa shape index (κ1) is 17.6. The molecule has 1 aliphatic carbocycles. The van der Waals surface area contributed by atoms with E-state index in [2.05, 4.69) is 0 Å². The van der Waals surface area contributed by atoms with Crippen LogP contribution in [0.4, 0.5) is 0 Å². The lowest BCUT2D eigenvalue weighted by atomic mass is 9.66. The van der Waals surface area contributed by atoms with Crippen molar-refractivity contribution in [2.45, 2.75) is 44.6 Å². The van der Waals surface area contributed by atoms with Gasteiger partial charge in [0, 0.05) is 24.6 Å². The fourth-order valence-electron chi connectivity index (χ4n) is 3.94. The molecule has 1 aromatic carbocycles. The molecular formula is C19H25NO5.